The molecular formula is C12H14F2N4O2. The van der Waals surface area contributed by atoms with Crippen molar-refractivity contribution in [3.63, 3.8) is 0 Å². The van der Waals surface area contributed by atoms with E-state index in [0.29, 0.717) is 5.84 Å². The molecule has 2 aliphatic rings. The lowest BCUT2D eigenvalue weighted by molar-refractivity contribution is -0.137. The van der Waals surface area contributed by atoms with Crippen LogP contribution in [0.3, 0.4) is 0 Å². The molecule has 0 atom stereocenters. The van der Waals surface area contributed by atoms with Gasteiger partial charge in [0.1, 0.15) is 17.2 Å². The van der Waals surface area contributed by atoms with Crippen molar-refractivity contribution in [3.05, 3.63) is 23.7 Å². The van der Waals surface area contributed by atoms with Gasteiger partial charge in [-0.1, -0.05) is 0 Å². The van der Waals surface area contributed by atoms with Crippen molar-refractivity contribution < 1.29 is 18.3 Å². The van der Waals surface area contributed by atoms with Crippen LogP contribution in [0.15, 0.2) is 28.7 Å². The number of nitrogens with zero attached hydrogens (tertiary/aromatic N) is 2. The Bertz CT molecular complexity index is 518. The van der Waals surface area contributed by atoms with Crippen molar-refractivity contribution in [2.45, 2.75) is 12.8 Å². The van der Waals surface area contributed by atoms with Gasteiger partial charge in [-0.2, -0.15) is 0 Å². The number of ether oxygens (including phenoxy) is 1. The molecule has 2 heterocycles. The molecule has 108 valence electrons. The van der Waals surface area contributed by atoms with Gasteiger partial charge in [-0.3, -0.25) is 0 Å². The predicted octanol–water partition coefficient (Wildman–Crippen LogP) is 0.877. The summed E-state index contributed by atoms with van der Waals surface area (Å²) in [6.07, 6.45) is 3.84. The van der Waals surface area contributed by atoms with Crippen molar-refractivity contribution in [2.24, 2.45) is 4.99 Å². The first-order valence-corrected chi connectivity index (χ1v) is 6.03. The number of rotatable bonds is 3. The Morgan fingerprint density at radius 3 is 2.90 bits per heavy atom. The molecular weight excluding hydrogens is 270 g/mol. The second-order valence-corrected chi connectivity index (χ2v) is 4.29. The zero-order valence-corrected chi connectivity index (χ0v) is 10.8. The van der Waals surface area contributed by atoms with E-state index < -0.39 is 25.0 Å². The number of nitrogens with one attached hydrogen (secondary N) is 2. The van der Waals surface area contributed by atoms with Crippen LogP contribution in [0.1, 0.15) is 6.92 Å². The molecule has 0 amide bonds. The standard InChI is InChI=1S/C12H14F2N4O2/c1-2-20-11(19)8(5-15)10-16-4-3-9(17-10)18-6-12(13,14)7-18/h3-5,15-16H,2,6-7H2,1H3/b10-8-,15-5?. The molecule has 0 radical (unpaired) electrons. The molecule has 0 aromatic carbocycles. The quantitative estimate of drug-likeness (QED) is 0.458. The number of carbonyl (C=O) groups excluding carboxylic acids is 1. The number of carbonyl (C=O) groups is 1. The summed E-state index contributed by atoms with van der Waals surface area (Å²) in [5.74, 6) is -2.94. The van der Waals surface area contributed by atoms with Crippen LogP contribution in [0.5, 0.6) is 0 Å². The Kier molecular flexibility index (Phi) is 3.82. The first-order valence-electron chi connectivity index (χ1n) is 6.03. The molecule has 1 fully saturated rings. The van der Waals surface area contributed by atoms with E-state index in [1.165, 1.54) is 17.2 Å². The minimum Gasteiger partial charge on any atom is -0.462 e. The predicted molar refractivity (Wildman–Crippen MR) is 68.7 cm³/mol. The van der Waals surface area contributed by atoms with Crippen LogP contribution in [0.2, 0.25) is 0 Å². The van der Waals surface area contributed by atoms with Crippen LogP contribution < -0.4 is 5.32 Å². The minimum absolute atomic E-state index is 0.0546. The van der Waals surface area contributed by atoms with Crippen LogP contribution in [0.4, 0.5) is 8.78 Å². The highest BCUT2D eigenvalue weighted by molar-refractivity contribution is 6.10. The van der Waals surface area contributed by atoms with Gasteiger partial charge in [0.2, 0.25) is 0 Å². The van der Waals surface area contributed by atoms with E-state index in [1.807, 2.05) is 0 Å². The van der Waals surface area contributed by atoms with E-state index in [4.69, 9.17) is 10.1 Å². The smallest absolute Gasteiger partial charge is 0.343 e. The van der Waals surface area contributed by atoms with Crippen LogP contribution in [-0.4, -0.2) is 48.5 Å². The molecule has 0 aliphatic carbocycles. The molecule has 0 spiro atoms. The Labute approximate surface area is 114 Å². The second-order valence-electron chi connectivity index (χ2n) is 4.29. The molecule has 0 aromatic heterocycles. The van der Waals surface area contributed by atoms with Crippen molar-refractivity contribution in [2.75, 3.05) is 19.7 Å². The number of hydrogen-bond acceptors (Lipinski definition) is 6. The highest BCUT2D eigenvalue weighted by atomic mass is 19.3. The summed E-state index contributed by atoms with van der Waals surface area (Å²) in [6.45, 7) is 1.02. The van der Waals surface area contributed by atoms with Crippen molar-refractivity contribution in [1.82, 2.24) is 10.2 Å². The largest absolute Gasteiger partial charge is 0.462 e. The summed E-state index contributed by atoms with van der Waals surface area (Å²) < 4.78 is 30.5. The molecule has 20 heavy (non-hydrogen) atoms. The van der Waals surface area contributed by atoms with Gasteiger partial charge in [0.25, 0.3) is 5.92 Å². The highest BCUT2D eigenvalue weighted by Crippen LogP contribution is 2.28. The highest BCUT2D eigenvalue weighted by Gasteiger charge is 2.45. The van der Waals surface area contributed by atoms with Crippen LogP contribution in [-0.2, 0) is 9.53 Å². The Balaban J connectivity index is 2.20. The number of alkyl halides is 2. The third kappa shape index (κ3) is 2.84. The lowest BCUT2D eigenvalue weighted by Crippen LogP contribution is -2.58. The van der Waals surface area contributed by atoms with E-state index in [2.05, 4.69) is 10.3 Å². The van der Waals surface area contributed by atoms with E-state index in [9.17, 15) is 13.6 Å². The number of likely N-dealkylation sites (tertiary alicyclic amines) is 1. The molecule has 1 saturated heterocycles. The number of hydrogen-bond donors (Lipinski definition) is 2. The molecule has 8 heteroatoms. The zero-order chi connectivity index (χ0) is 14.8. The summed E-state index contributed by atoms with van der Waals surface area (Å²) in [7, 11) is 0. The average molecular weight is 284 g/mol. The maximum absolute atomic E-state index is 12.8. The van der Waals surface area contributed by atoms with Gasteiger partial charge in [0.15, 0.2) is 0 Å². The Hall–Kier alpha value is -2.25. The van der Waals surface area contributed by atoms with E-state index in [-0.39, 0.29) is 18.0 Å². The lowest BCUT2D eigenvalue weighted by Gasteiger charge is -2.40. The normalized spacial score (nSPS) is 22.4. The van der Waals surface area contributed by atoms with Crippen LogP contribution >= 0.6 is 0 Å². The number of aliphatic imine (C=N–C) groups is 1. The average Bonchev–Trinajstić information content (AvgIpc) is 2.37. The summed E-state index contributed by atoms with van der Waals surface area (Å²) >= 11 is 0. The van der Waals surface area contributed by atoms with E-state index >= 15 is 0 Å². The molecule has 0 aromatic rings. The van der Waals surface area contributed by atoms with Gasteiger partial charge >= 0.3 is 5.97 Å². The number of halogens is 2. The maximum atomic E-state index is 12.8. The fourth-order valence-electron chi connectivity index (χ4n) is 1.80. The summed E-state index contributed by atoms with van der Waals surface area (Å²) in [5, 5.41) is 9.96. The first-order chi connectivity index (χ1) is 9.46. The maximum Gasteiger partial charge on any atom is 0.343 e. The molecule has 0 saturated carbocycles. The Morgan fingerprint density at radius 2 is 2.35 bits per heavy atom. The summed E-state index contributed by atoms with van der Waals surface area (Å²) in [6, 6.07) is 0. The van der Waals surface area contributed by atoms with Crippen LogP contribution in [0.25, 0.3) is 0 Å². The van der Waals surface area contributed by atoms with Crippen molar-refractivity contribution >= 4 is 18.0 Å². The zero-order valence-electron chi connectivity index (χ0n) is 10.8. The minimum atomic E-state index is -2.70. The summed E-state index contributed by atoms with van der Waals surface area (Å²) in [4.78, 5) is 17.1. The van der Waals surface area contributed by atoms with Gasteiger partial charge in [0, 0.05) is 12.4 Å². The third-order valence-electron chi connectivity index (χ3n) is 2.74. The van der Waals surface area contributed by atoms with Gasteiger partial charge < -0.3 is 20.4 Å². The molecule has 2 N–H and O–H groups in total. The topological polar surface area (TPSA) is 77.8 Å². The van der Waals surface area contributed by atoms with E-state index in [1.54, 1.807) is 6.92 Å². The Morgan fingerprint density at radius 1 is 1.65 bits per heavy atom. The second kappa shape index (κ2) is 5.40. The first kappa shape index (κ1) is 14.2. The monoisotopic (exact) mass is 284 g/mol. The van der Waals surface area contributed by atoms with E-state index in [0.717, 1.165) is 6.21 Å². The van der Waals surface area contributed by atoms with Gasteiger partial charge in [0.05, 0.1) is 19.7 Å². The molecule has 0 bridgehead atoms. The summed E-state index contributed by atoms with van der Waals surface area (Å²) in [5.41, 5.74) is -0.0546. The fourth-order valence-corrected chi connectivity index (χ4v) is 1.80. The van der Waals surface area contributed by atoms with Crippen molar-refractivity contribution in [1.29, 1.82) is 5.41 Å². The number of amidine groups is 1. The van der Waals surface area contributed by atoms with Crippen LogP contribution in [0, 0.1) is 5.41 Å². The molecule has 6 nitrogen and oxygen atoms in total. The van der Waals surface area contributed by atoms with Gasteiger partial charge in [-0.15, -0.1) is 0 Å². The third-order valence-corrected chi connectivity index (χ3v) is 2.74. The molecule has 0 unspecified atom stereocenters. The number of esters is 1. The lowest BCUT2D eigenvalue weighted by atomic mass is 10.1. The fraction of sp³-hybridized carbons (Fsp3) is 0.417. The van der Waals surface area contributed by atoms with Gasteiger partial charge in [-0.05, 0) is 13.0 Å². The SMILES string of the molecule is CCOC(=O)/C(C=N)=C1\N=C(N2CC(F)(F)C2)C=CN1. The van der Waals surface area contributed by atoms with Crippen molar-refractivity contribution in [3.8, 4) is 0 Å². The molecule has 2 aliphatic heterocycles. The molecule has 2 rings (SSSR count). The van der Waals surface area contributed by atoms with Gasteiger partial charge in [-0.25, -0.2) is 18.6 Å².